The standard InChI is InChI=1S/C18H23N3OS/c1-4-8-15-12(5-1)16-17(19-11-20-18(16)23-15)21-9-10-22-14-7-3-2-6-13(14)21/h11,13-14H,1-10H2/t13-,14-/m1/s1. The molecule has 0 bridgehead atoms. The maximum absolute atomic E-state index is 6.06. The number of thiophene rings is 1. The Morgan fingerprint density at radius 2 is 2.00 bits per heavy atom. The third kappa shape index (κ3) is 2.28. The molecule has 122 valence electrons. The highest BCUT2D eigenvalue weighted by Crippen LogP contribution is 2.41. The lowest BCUT2D eigenvalue weighted by molar-refractivity contribution is -0.00887. The van der Waals surface area contributed by atoms with E-state index in [-0.39, 0.29) is 0 Å². The maximum atomic E-state index is 6.06. The fourth-order valence-electron chi connectivity index (χ4n) is 4.65. The van der Waals surface area contributed by atoms with E-state index in [1.165, 1.54) is 67.4 Å². The number of hydrogen-bond donors (Lipinski definition) is 0. The SMILES string of the molecule is c1nc(N2CCO[C@@H]3CCCC[C@H]32)c2c3c(sc2n1)CCCC3. The Bertz CT molecular complexity index is 726. The molecule has 5 rings (SSSR count). The molecule has 2 aromatic rings. The van der Waals surface area contributed by atoms with Crippen molar-refractivity contribution in [3.63, 3.8) is 0 Å². The van der Waals surface area contributed by atoms with Crippen molar-refractivity contribution in [1.29, 1.82) is 0 Å². The molecule has 0 unspecified atom stereocenters. The lowest BCUT2D eigenvalue weighted by Gasteiger charge is -2.44. The number of fused-ring (bicyclic) bond motifs is 4. The van der Waals surface area contributed by atoms with Crippen LogP contribution in [0.1, 0.15) is 49.0 Å². The molecule has 2 aliphatic carbocycles. The van der Waals surface area contributed by atoms with Crippen LogP contribution in [0, 0.1) is 0 Å². The number of rotatable bonds is 1. The van der Waals surface area contributed by atoms with Crippen LogP contribution >= 0.6 is 11.3 Å². The van der Waals surface area contributed by atoms with Crippen LogP contribution in [0.5, 0.6) is 0 Å². The van der Waals surface area contributed by atoms with Gasteiger partial charge >= 0.3 is 0 Å². The fourth-order valence-corrected chi connectivity index (χ4v) is 5.87. The first kappa shape index (κ1) is 14.2. The van der Waals surface area contributed by atoms with Crippen LogP contribution in [0.4, 0.5) is 5.82 Å². The van der Waals surface area contributed by atoms with E-state index in [4.69, 9.17) is 9.72 Å². The molecule has 5 heteroatoms. The summed E-state index contributed by atoms with van der Waals surface area (Å²) in [6.07, 6.45) is 12.3. The molecule has 2 aromatic heterocycles. The molecule has 2 fully saturated rings. The molecule has 2 atom stereocenters. The van der Waals surface area contributed by atoms with E-state index in [0.717, 1.165) is 13.2 Å². The molecule has 0 aromatic carbocycles. The van der Waals surface area contributed by atoms with E-state index < -0.39 is 0 Å². The number of aromatic nitrogens is 2. The second-order valence-corrected chi connectivity index (χ2v) is 8.13. The van der Waals surface area contributed by atoms with Gasteiger partial charge in [0.2, 0.25) is 0 Å². The Morgan fingerprint density at radius 3 is 3.00 bits per heavy atom. The molecule has 0 radical (unpaired) electrons. The molecule has 0 N–H and O–H groups in total. The third-order valence-electron chi connectivity index (χ3n) is 5.74. The molecular formula is C18H23N3OS. The van der Waals surface area contributed by atoms with Crippen molar-refractivity contribution in [3.05, 3.63) is 16.8 Å². The van der Waals surface area contributed by atoms with Crippen LogP contribution in [-0.4, -0.2) is 35.3 Å². The molecule has 1 saturated heterocycles. The minimum atomic E-state index is 0.400. The predicted octanol–water partition coefficient (Wildman–Crippen LogP) is 3.72. The van der Waals surface area contributed by atoms with Gasteiger partial charge in [0, 0.05) is 11.4 Å². The third-order valence-corrected chi connectivity index (χ3v) is 6.94. The smallest absolute Gasteiger partial charge is 0.141 e. The zero-order valence-corrected chi connectivity index (χ0v) is 14.3. The van der Waals surface area contributed by atoms with E-state index in [1.807, 2.05) is 11.3 Å². The highest BCUT2D eigenvalue weighted by molar-refractivity contribution is 7.19. The van der Waals surface area contributed by atoms with E-state index >= 15 is 0 Å². The van der Waals surface area contributed by atoms with Crippen LogP contribution in [0.2, 0.25) is 0 Å². The minimum Gasteiger partial charge on any atom is -0.374 e. The van der Waals surface area contributed by atoms with Gasteiger partial charge in [-0.15, -0.1) is 11.3 Å². The zero-order chi connectivity index (χ0) is 15.2. The molecule has 0 spiro atoms. The lowest BCUT2D eigenvalue weighted by Crippen LogP contribution is -2.53. The summed E-state index contributed by atoms with van der Waals surface area (Å²) < 4.78 is 6.06. The van der Waals surface area contributed by atoms with Crippen molar-refractivity contribution in [2.75, 3.05) is 18.1 Å². The number of hydrogen-bond acceptors (Lipinski definition) is 5. The van der Waals surface area contributed by atoms with Gasteiger partial charge < -0.3 is 9.64 Å². The predicted molar refractivity (Wildman–Crippen MR) is 93.4 cm³/mol. The summed E-state index contributed by atoms with van der Waals surface area (Å²) in [5.41, 5.74) is 1.55. The number of ether oxygens (including phenoxy) is 1. The van der Waals surface area contributed by atoms with Crippen molar-refractivity contribution < 1.29 is 4.74 Å². The first-order valence-electron chi connectivity index (χ1n) is 9.05. The monoisotopic (exact) mass is 329 g/mol. The Balaban J connectivity index is 1.63. The van der Waals surface area contributed by atoms with Gasteiger partial charge in [-0.05, 0) is 44.1 Å². The van der Waals surface area contributed by atoms with Gasteiger partial charge in [0.25, 0.3) is 0 Å². The Kier molecular flexibility index (Phi) is 3.52. The topological polar surface area (TPSA) is 38.2 Å². The Labute approximate surface area is 140 Å². The second-order valence-electron chi connectivity index (χ2n) is 7.04. The average molecular weight is 329 g/mol. The average Bonchev–Trinajstić information content (AvgIpc) is 3.00. The second kappa shape index (κ2) is 5.71. The van der Waals surface area contributed by atoms with Gasteiger partial charge in [-0.3, -0.25) is 0 Å². The van der Waals surface area contributed by atoms with Gasteiger partial charge in [-0.2, -0.15) is 0 Å². The number of aryl methyl sites for hydroxylation is 2. The van der Waals surface area contributed by atoms with Crippen LogP contribution in [0.3, 0.4) is 0 Å². The molecule has 1 aliphatic heterocycles. The van der Waals surface area contributed by atoms with Crippen LogP contribution in [0.25, 0.3) is 10.2 Å². The van der Waals surface area contributed by atoms with E-state index in [1.54, 1.807) is 16.8 Å². The van der Waals surface area contributed by atoms with Crippen molar-refractivity contribution in [1.82, 2.24) is 9.97 Å². The molecule has 3 aliphatic rings. The number of morpholine rings is 1. The highest BCUT2D eigenvalue weighted by atomic mass is 32.1. The van der Waals surface area contributed by atoms with Gasteiger partial charge in [-0.1, -0.05) is 12.8 Å². The van der Waals surface area contributed by atoms with Gasteiger partial charge in [-0.25, -0.2) is 9.97 Å². The van der Waals surface area contributed by atoms with Crippen molar-refractivity contribution in [3.8, 4) is 0 Å². The molecular weight excluding hydrogens is 306 g/mol. The summed E-state index contributed by atoms with van der Waals surface area (Å²) in [7, 11) is 0. The summed E-state index contributed by atoms with van der Waals surface area (Å²) in [4.78, 5) is 14.7. The number of anilines is 1. The molecule has 3 heterocycles. The van der Waals surface area contributed by atoms with Crippen molar-refractivity contribution in [2.45, 2.75) is 63.5 Å². The fraction of sp³-hybridized carbons (Fsp3) is 0.667. The molecule has 1 saturated carbocycles. The van der Waals surface area contributed by atoms with Crippen LogP contribution in [-0.2, 0) is 17.6 Å². The minimum absolute atomic E-state index is 0.400. The molecule has 0 amide bonds. The van der Waals surface area contributed by atoms with Gasteiger partial charge in [0.1, 0.15) is 17.0 Å². The largest absolute Gasteiger partial charge is 0.374 e. The highest BCUT2D eigenvalue weighted by Gasteiger charge is 2.36. The lowest BCUT2D eigenvalue weighted by atomic mass is 9.89. The Hall–Kier alpha value is -1.20. The Morgan fingerprint density at radius 1 is 1.09 bits per heavy atom. The van der Waals surface area contributed by atoms with E-state index in [9.17, 15) is 0 Å². The summed E-state index contributed by atoms with van der Waals surface area (Å²) in [5.74, 6) is 1.19. The summed E-state index contributed by atoms with van der Waals surface area (Å²) in [6, 6.07) is 0.509. The first-order valence-corrected chi connectivity index (χ1v) is 9.87. The normalized spacial score (nSPS) is 27.7. The number of nitrogens with zero attached hydrogens (tertiary/aromatic N) is 3. The zero-order valence-electron chi connectivity index (χ0n) is 13.5. The van der Waals surface area contributed by atoms with Gasteiger partial charge in [0.05, 0.1) is 24.1 Å². The van der Waals surface area contributed by atoms with Gasteiger partial charge in [0.15, 0.2) is 0 Å². The quantitative estimate of drug-likeness (QED) is 0.799. The maximum Gasteiger partial charge on any atom is 0.141 e. The van der Waals surface area contributed by atoms with Crippen LogP contribution in [0.15, 0.2) is 6.33 Å². The summed E-state index contributed by atoms with van der Waals surface area (Å²) in [5, 5.41) is 1.36. The molecule has 4 nitrogen and oxygen atoms in total. The summed E-state index contributed by atoms with van der Waals surface area (Å²) in [6.45, 7) is 1.80. The van der Waals surface area contributed by atoms with E-state index in [0.29, 0.717) is 12.1 Å². The van der Waals surface area contributed by atoms with Crippen molar-refractivity contribution in [2.24, 2.45) is 0 Å². The molecule has 23 heavy (non-hydrogen) atoms. The van der Waals surface area contributed by atoms with Crippen molar-refractivity contribution >= 4 is 27.4 Å². The van der Waals surface area contributed by atoms with Crippen LogP contribution < -0.4 is 4.90 Å². The first-order chi connectivity index (χ1) is 11.4. The summed E-state index contributed by atoms with van der Waals surface area (Å²) >= 11 is 1.90. The van der Waals surface area contributed by atoms with E-state index in [2.05, 4.69) is 9.88 Å².